The molecule has 1 aliphatic heterocycles. The SMILES string of the molecule is CC(C)NC(=O)N(C)C[C@H]1OCCCC[C@H](C)Oc2ccc(NC(=O)Nc3ccc(C(F)(F)F)cc3)cc2C(=O)N([C@@H](C)CO)C[C@H]1C. The van der Waals surface area contributed by atoms with Crippen LogP contribution in [-0.4, -0.2) is 90.5 Å². The Kier molecular flexibility index (Phi) is 13.9. The molecule has 0 aliphatic carbocycles. The topological polar surface area (TPSA) is 132 Å². The number of ether oxygens (including phenoxy) is 2. The van der Waals surface area contributed by atoms with Gasteiger partial charge in [0.1, 0.15) is 5.75 Å². The number of alkyl halides is 3. The minimum Gasteiger partial charge on any atom is -0.490 e. The van der Waals surface area contributed by atoms with Crippen LogP contribution in [0.15, 0.2) is 42.5 Å². The molecule has 4 atom stereocenters. The predicted molar refractivity (Wildman–Crippen MR) is 177 cm³/mol. The monoisotopic (exact) mass is 679 g/mol. The molecule has 5 amide bonds. The van der Waals surface area contributed by atoms with Crippen LogP contribution < -0.4 is 20.7 Å². The van der Waals surface area contributed by atoms with Crippen molar-refractivity contribution in [1.82, 2.24) is 15.1 Å². The highest BCUT2D eigenvalue weighted by molar-refractivity contribution is 6.02. The van der Waals surface area contributed by atoms with Gasteiger partial charge in [-0.05, 0) is 89.4 Å². The van der Waals surface area contributed by atoms with Gasteiger partial charge in [0.05, 0.1) is 36.0 Å². The number of carbonyl (C=O) groups is 3. The van der Waals surface area contributed by atoms with Gasteiger partial charge in [0.2, 0.25) is 0 Å². The molecule has 0 aromatic heterocycles. The van der Waals surface area contributed by atoms with Crippen LogP contribution in [0.4, 0.5) is 34.1 Å². The van der Waals surface area contributed by atoms with Crippen LogP contribution in [0.25, 0.3) is 0 Å². The standard InChI is InChI=1S/C34H48F3N5O6/c1-21(2)38-33(46)41(6)19-30-22(3)18-42(23(4)20-43)31(44)28-17-27(14-15-29(28)48-24(5)9-7-8-16-47-30)40-32(45)39-26-12-10-25(11-13-26)34(35,36)37/h10-15,17,21-24,30,43H,7-9,16,18-20H2,1-6H3,(H,38,46)(H2,39,40,45)/t22-,23+,24+,30-/m1/s1. The van der Waals surface area contributed by atoms with Gasteiger partial charge < -0.3 is 40.3 Å². The number of fused-ring (bicyclic) bond motifs is 1. The van der Waals surface area contributed by atoms with Crippen molar-refractivity contribution in [2.45, 2.75) is 84.3 Å². The average Bonchev–Trinajstić information content (AvgIpc) is 3.01. The van der Waals surface area contributed by atoms with E-state index in [1.807, 2.05) is 27.7 Å². The lowest BCUT2D eigenvalue weighted by Gasteiger charge is -2.36. The Morgan fingerprint density at radius 2 is 1.69 bits per heavy atom. The van der Waals surface area contributed by atoms with Crippen molar-refractivity contribution in [1.29, 1.82) is 0 Å². The number of hydrogen-bond donors (Lipinski definition) is 4. The van der Waals surface area contributed by atoms with Gasteiger partial charge in [-0.1, -0.05) is 6.92 Å². The van der Waals surface area contributed by atoms with Crippen LogP contribution in [0.2, 0.25) is 0 Å². The van der Waals surface area contributed by atoms with E-state index in [0.717, 1.165) is 37.1 Å². The van der Waals surface area contributed by atoms with Crippen LogP contribution in [0.1, 0.15) is 69.8 Å². The van der Waals surface area contributed by atoms with Gasteiger partial charge in [0.25, 0.3) is 5.91 Å². The summed E-state index contributed by atoms with van der Waals surface area (Å²) in [6.07, 6.45) is -2.93. The minimum atomic E-state index is -4.50. The maximum atomic E-state index is 14.3. The first-order valence-corrected chi connectivity index (χ1v) is 16.2. The van der Waals surface area contributed by atoms with Gasteiger partial charge >= 0.3 is 18.2 Å². The fraction of sp³-hybridized carbons (Fsp3) is 0.559. The lowest BCUT2D eigenvalue weighted by molar-refractivity contribution is -0.137. The smallest absolute Gasteiger partial charge is 0.416 e. The van der Waals surface area contributed by atoms with Gasteiger partial charge in [0.15, 0.2) is 0 Å². The number of nitrogens with one attached hydrogen (secondary N) is 3. The van der Waals surface area contributed by atoms with E-state index in [1.54, 1.807) is 31.0 Å². The molecule has 4 N–H and O–H groups in total. The molecule has 48 heavy (non-hydrogen) atoms. The number of anilines is 2. The molecule has 11 nitrogen and oxygen atoms in total. The second-order valence-corrected chi connectivity index (χ2v) is 12.6. The summed E-state index contributed by atoms with van der Waals surface area (Å²) in [6.45, 7) is 9.91. The Balaban J connectivity index is 1.89. The first-order valence-electron chi connectivity index (χ1n) is 16.2. The number of benzene rings is 2. The Morgan fingerprint density at radius 1 is 1.04 bits per heavy atom. The molecule has 0 saturated carbocycles. The van der Waals surface area contributed by atoms with Gasteiger partial charge in [0, 0.05) is 50.1 Å². The number of urea groups is 2. The number of likely N-dealkylation sites (N-methyl/N-ethyl adjacent to an activating group) is 1. The summed E-state index contributed by atoms with van der Waals surface area (Å²) >= 11 is 0. The number of halogens is 3. The highest BCUT2D eigenvalue weighted by atomic mass is 19.4. The number of carbonyl (C=O) groups excluding carboxylic acids is 3. The number of hydrogen-bond acceptors (Lipinski definition) is 6. The van der Waals surface area contributed by atoms with Crippen LogP contribution in [0.5, 0.6) is 5.75 Å². The largest absolute Gasteiger partial charge is 0.490 e. The summed E-state index contributed by atoms with van der Waals surface area (Å²) in [7, 11) is 1.69. The molecule has 0 unspecified atom stereocenters. The molecule has 2 aromatic rings. The van der Waals surface area contributed by atoms with E-state index in [0.29, 0.717) is 18.8 Å². The molecule has 2 aromatic carbocycles. The lowest BCUT2D eigenvalue weighted by Crippen LogP contribution is -2.49. The zero-order valence-electron chi connectivity index (χ0n) is 28.4. The van der Waals surface area contributed by atoms with Crippen molar-refractivity contribution in [2.24, 2.45) is 5.92 Å². The summed E-state index contributed by atoms with van der Waals surface area (Å²) < 4.78 is 51.3. The van der Waals surface area contributed by atoms with Gasteiger partial charge in [-0.15, -0.1) is 0 Å². The minimum absolute atomic E-state index is 0.0413. The van der Waals surface area contributed by atoms with E-state index in [9.17, 15) is 32.7 Å². The van der Waals surface area contributed by atoms with E-state index < -0.39 is 35.8 Å². The molecular formula is C34H48F3N5O6. The van der Waals surface area contributed by atoms with Crippen molar-refractivity contribution in [2.75, 3.05) is 44.0 Å². The van der Waals surface area contributed by atoms with Gasteiger partial charge in [-0.3, -0.25) is 4.79 Å². The number of aliphatic hydroxyl groups excluding tert-OH is 1. The summed E-state index contributed by atoms with van der Waals surface area (Å²) in [5.74, 6) is -0.391. The second kappa shape index (κ2) is 17.4. The summed E-state index contributed by atoms with van der Waals surface area (Å²) in [6, 6.07) is 7.05. The van der Waals surface area contributed by atoms with E-state index in [4.69, 9.17) is 9.47 Å². The van der Waals surface area contributed by atoms with Crippen LogP contribution in [0.3, 0.4) is 0 Å². The first-order chi connectivity index (χ1) is 22.6. The predicted octanol–water partition coefficient (Wildman–Crippen LogP) is 6.19. The number of rotatable bonds is 7. The van der Waals surface area contributed by atoms with Crippen molar-refractivity contribution < 1.29 is 42.1 Å². The number of amides is 5. The van der Waals surface area contributed by atoms with Crippen LogP contribution >= 0.6 is 0 Å². The van der Waals surface area contributed by atoms with Crippen molar-refractivity contribution in [3.63, 3.8) is 0 Å². The van der Waals surface area contributed by atoms with E-state index in [2.05, 4.69) is 16.0 Å². The third-order valence-corrected chi connectivity index (χ3v) is 7.99. The Hall–Kier alpha value is -4.04. The lowest BCUT2D eigenvalue weighted by atomic mass is 10.0. The van der Waals surface area contributed by atoms with Crippen molar-refractivity contribution in [3.8, 4) is 5.75 Å². The van der Waals surface area contributed by atoms with E-state index >= 15 is 0 Å². The molecule has 14 heteroatoms. The van der Waals surface area contributed by atoms with Gasteiger partial charge in [-0.2, -0.15) is 13.2 Å². The molecule has 1 aliphatic rings. The zero-order chi connectivity index (χ0) is 35.6. The molecular weight excluding hydrogens is 631 g/mol. The number of aliphatic hydroxyl groups is 1. The fourth-order valence-electron chi connectivity index (χ4n) is 5.21. The summed E-state index contributed by atoms with van der Waals surface area (Å²) in [5.41, 5.74) is -0.296. The molecule has 1 heterocycles. The van der Waals surface area contributed by atoms with Gasteiger partial charge in [-0.25, -0.2) is 9.59 Å². The highest BCUT2D eigenvalue weighted by Gasteiger charge is 2.32. The molecule has 3 rings (SSSR count). The molecule has 0 bridgehead atoms. The molecule has 0 spiro atoms. The maximum absolute atomic E-state index is 14.3. The second-order valence-electron chi connectivity index (χ2n) is 12.6. The van der Waals surface area contributed by atoms with Crippen LogP contribution in [-0.2, 0) is 10.9 Å². The maximum Gasteiger partial charge on any atom is 0.416 e. The first kappa shape index (κ1) is 38.4. The summed E-state index contributed by atoms with van der Waals surface area (Å²) in [4.78, 5) is 42.8. The van der Waals surface area contributed by atoms with E-state index in [1.165, 1.54) is 11.0 Å². The van der Waals surface area contributed by atoms with Crippen LogP contribution in [0, 0.1) is 5.92 Å². The van der Waals surface area contributed by atoms with E-state index in [-0.39, 0.29) is 60.7 Å². The molecule has 0 fully saturated rings. The number of nitrogens with zero attached hydrogens (tertiary/aromatic N) is 2. The third kappa shape index (κ3) is 11.3. The Labute approximate surface area is 280 Å². The third-order valence-electron chi connectivity index (χ3n) is 7.99. The highest BCUT2D eigenvalue weighted by Crippen LogP contribution is 2.31. The molecule has 0 radical (unpaired) electrons. The average molecular weight is 680 g/mol. The summed E-state index contributed by atoms with van der Waals surface area (Å²) in [5, 5.41) is 18.1. The Morgan fingerprint density at radius 3 is 2.31 bits per heavy atom. The zero-order valence-corrected chi connectivity index (χ0v) is 28.4. The normalized spacial score (nSPS) is 20.2. The fourth-order valence-corrected chi connectivity index (χ4v) is 5.21. The molecule has 0 saturated heterocycles. The van der Waals surface area contributed by atoms with Crippen molar-refractivity contribution in [3.05, 3.63) is 53.6 Å². The molecule has 266 valence electrons. The Bertz CT molecular complexity index is 1370. The quantitative estimate of drug-likeness (QED) is 0.276. The van der Waals surface area contributed by atoms with Crippen molar-refractivity contribution >= 4 is 29.3 Å².